The number of nitrogens with two attached hydrogens (primary N) is 1. The maximum Gasteiger partial charge on any atom is 0.326 e. The highest BCUT2D eigenvalue weighted by Gasteiger charge is 2.28. The van der Waals surface area contributed by atoms with E-state index in [0.717, 1.165) is 11.1 Å². The number of rotatable bonds is 14. The number of carbonyl (C=O) groups is 3. The molecule has 0 unspecified atom stereocenters. The fraction of sp³-hybridized carbons (Fsp3) is 0.323. The Hall–Kier alpha value is -3.88. The van der Waals surface area contributed by atoms with E-state index in [9.17, 15) is 19.5 Å². The molecule has 3 rings (SSSR count). The zero-order valence-corrected chi connectivity index (χ0v) is 23.4. The largest absolute Gasteiger partial charge is 0.491 e. The van der Waals surface area contributed by atoms with Crippen LogP contribution in [0.5, 0.6) is 5.75 Å². The van der Waals surface area contributed by atoms with Crippen LogP contribution in [0.4, 0.5) is 0 Å². The Balaban J connectivity index is 1.77. The first-order chi connectivity index (χ1) is 19.1. The van der Waals surface area contributed by atoms with Crippen LogP contribution < -0.4 is 21.1 Å². The molecule has 0 aliphatic heterocycles. The summed E-state index contributed by atoms with van der Waals surface area (Å²) in [5.74, 6) is -2.00. The zero-order valence-electron chi connectivity index (χ0n) is 22.7. The van der Waals surface area contributed by atoms with E-state index in [4.69, 9.17) is 22.1 Å². The number of hydrogen-bond acceptors (Lipinski definition) is 5. The van der Waals surface area contributed by atoms with Crippen LogP contribution in [0, 0.1) is 5.92 Å². The summed E-state index contributed by atoms with van der Waals surface area (Å²) in [5, 5.41) is 15.3. The van der Waals surface area contributed by atoms with Crippen LogP contribution in [-0.4, -0.2) is 47.6 Å². The van der Waals surface area contributed by atoms with Gasteiger partial charge in [0.1, 0.15) is 24.4 Å². The highest BCUT2D eigenvalue weighted by Crippen LogP contribution is 2.24. The van der Waals surface area contributed by atoms with E-state index < -0.39 is 29.9 Å². The molecule has 5 N–H and O–H groups in total. The highest BCUT2D eigenvalue weighted by molar-refractivity contribution is 6.31. The van der Waals surface area contributed by atoms with Gasteiger partial charge in [-0.2, -0.15) is 0 Å². The third kappa shape index (κ3) is 9.70. The smallest absolute Gasteiger partial charge is 0.326 e. The molecule has 0 bridgehead atoms. The maximum absolute atomic E-state index is 13.5. The van der Waals surface area contributed by atoms with E-state index in [-0.39, 0.29) is 42.7 Å². The molecule has 0 heterocycles. The molecular weight excluding hydrogens is 530 g/mol. The van der Waals surface area contributed by atoms with Crippen LogP contribution in [0.1, 0.15) is 41.8 Å². The number of halogens is 1. The molecule has 212 valence electrons. The Morgan fingerprint density at radius 2 is 1.48 bits per heavy atom. The molecule has 3 aromatic rings. The lowest BCUT2D eigenvalue weighted by atomic mass is 10.0. The van der Waals surface area contributed by atoms with Gasteiger partial charge in [-0.25, -0.2) is 4.79 Å². The fourth-order valence-corrected chi connectivity index (χ4v) is 4.41. The minimum Gasteiger partial charge on any atom is -0.491 e. The first-order valence-corrected chi connectivity index (χ1v) is 13.6. The van der Waals surface area contributed by atoms with Gasteiger partial charge in [-0.3, -0.25) is 9.59 Å². The number of nitrogens with one attached hydrogen (secondary N) is 2. The first kappa shape index (κ1) is 30.7. The second-order valence-corrected chi connectivity index (χ2v) is 10.6. The lowest BCUT2D eigenvalue weighted by Crippen LogP contribution is -2.52. The number of benzene rings is 3. The van der Waals surface area contributed by atoms with E-state index >= 15 is 0 Å². The van der Waals surface area contributed by atoms with Crippen LogP contribution in [0.15, 0.2) is 78.9 Å². The lowest BCUT2D eigenvalue weighted by Gasteiger charge is -2.23. The summed E-state index contributed by atoms with van der Waals surface area (Å²) < 4.78 is 5.92. The topological polar surface area (TPSA) is 131 Å². The van der Waals surface area contributed by atoms with Crippen LogP contribution in [-0.2, 0) is 22.4 Å². The Bertz CT molecular complexity index is 1270. The summed E-state index contributed by atoms with van der Waals surface area (Å²) in [6.07, 6.45) is 1.00. The number of amides is 2. The molecule has 0 radical (unpaired) electrons. The van der Waals surface area contributed by atoms with Crippen molar-refractivity contribution in [3.05, 3.63) is 101 Å². The molecule has 0 aliphatic carbocycles. The molecule has 8 nitrogen and oxygen atoms in total. The standard InChI is InChI=1S/C31H36ClN3O5/c1-20(2)15-27(31(38)39)35-30(37)26(17-22-11-7-4-8-12-22)34-29(36)25-18-23(32)13-14-28(25)40-19-24(33)16-21-9-5-3-6-10-21/h3-14,18,20,24,26-27H,15-17,19,33H2,1-2H3,(H,34,36)(H,35,37)(H,38,39)/t24-,26+,27+/m1/s1. The molecule has 2 amide bonds. The highest BCUT2D eigenvalue weighted by atomic mass is 35.5. The summed E-state index contributed by atoms with van der Waals surface area (Å²) in [7, 11) is 0. The zero-order chi connectivity index (χ0) is 29.1. The molecule has 3 aromatic carbocycles. The molecule has 0 spiro atoms. The van der Waals surface area contributed by atoms with Crippen molar-refractivity contribution in [3.8, 4) is 5.75 Å². The van der Waals surface area contributed by atoms with Crippen LogP contribution in [0.2, 0.25) is 5.02 Å². The monoisotopic (exact) mass is 565 g/mol. The number of carboxylic acids is 1. The predicted molar refractivity (Wildman–Crippen MR) is 155 cm³/mol. The normalized spacial score (nSPS) is 13.2. The van der Waals surface area contributed by atoms with Crippen molar-refractivity contribution in [3.63, 3.8) is 0 Å². The fourth-order valence-electron chi connectivity index (χ4n) is 4.24. The Morgan fingerprint density at radius 1 is 0.875 bits per heavy atom. The predicted octanol–water partition coefficient (Wildman–Crippen LogP) is 4.25. The van der Waals surface area contributed by atoms with Crippen molar-refractivity contribution in [1.82, 2.24) is 10.6 Å². The van der Waals surface area contributed by atoms with Gasteiger partial charge >= 0.3 is 5.97 Å². The van der Waals surface area contributed by atoms with Gasteiger partial charge in [-0.1, -0.05) is 86.1 Å². The Morgan fingerprint density at radius 3 is 2.05 bits per heavy atom. The maximum atomic E-state index is 13.5. The van der Waals surface area contributed by atoms with Crippen molar-refractivity contribution < 1.29 is 24.2 Å². The lowest BCUT2D eigenvalue weighted by molar-refractivity contribution is -0.142. The van der Waals surface area contributed by atoms with Gasteiger partial charge in [0.05, 0.1) is 5.56 Å². The summed E-state index contributed by atoms with van der Waals surface area (Å²) in [4.78, 5) is 38.5. The summed E-state index contributed by atoms with van der Waals surface area (Å²) >= 11 is 6.21. The summed E-state index contributed by atoms with van der Waals surface area (Å²) in [5.41, 5.74) is 8.28. The molecular formula is C31H36ClN3O5. The van der Waals surface area contributed by atoms with Crippen molar-refractivity contribution in [2.24, 2.45) is 11.7 Å². The number of aliphatic carboxylic acids is 1. The van der Waals surface area contributed by atoms with Crippen molar-refractivity contribution in [2.75, 3.05) is 6.61 Å². The van der Waals surface area contributed by atoms with E-state index in [1.54, 1.807) is 12.1 Å². The van der Waals surface area contributed by atoms with Gasteiger partial charge in [0, 0.05) is 17.5 Å². The SMILES string of the molecule is CC(C)C[C@H](NC(=O)[C@H](Cc1ccccc1)NC(=O)c1cc(Cl)ccc1OC[C@H](N)Cc1ccccc1)C(=O)O. The average molecular weight is 566 g/mol. The molecule has 0 aliphatic rings. The van der Waals surface area contributed by atoms with Crippen molar-refractivity contribution >= 4 is 29.4 Å². The second kappa shape index (κ2) is 15.1. The third-order valence-corrected chi connectivity index (χ3v) is 6.44. The molecule has 0 saturated carbocycles. The van der Waals surface area contributed by atoms with Crippen LogP contribution in [0.3, 0.4) is 0 Å². The third-order valence-electron chi connectivity index (χ3n) is 6.21. The average Bonchev–Trinajstić information content (AvgIpc) is 2.92. The van der Waals surface area contributed by atoms with Gasteiger partial charge in [-0.05, 0) is 48.1 Å². The Labute approximate surface area is 239 Å². The summed E-state index contributed by atoms with van der Waals surface area (Å²) in [6, 6.07) is 21.1. The second-order valence-electron chi connectivity index (χ2n) is 10.1. The van der Waals surface area contributed by atoms with E-state index in [1.807, 2.05) is 74.5 Å². The van der Waals surface area contributed by atoms with Crippen LogP contribution in [0.25, 0.3) is 0 Å². The van der Waals surface area contributed by atoms with Gasteiger partial charge in [0.15, 0.2) is 0 Å². The van der Waals surface area contributed by atoms with E-state index in [2.05, 4.69) is 10.6 Å². The van der Waals surface area contributed by atoms with Gasteiger partial charge in [0.2, 0.25) is 5.91 Å². The molecule has 0 fully saturated rings. The molecule has 0 aromatic heterocycles. The van der Waals surface area contributed by atoms with Crippen molar-refractivity contribution in [1.29, 1.82) is 0 Å². The molecule has 40 heavy (non-hydrogen) atoms. The van der Waals surface area contributed by atoms with Crippen molar-refractivity contribution in [2.45, 2.75) is 51.2 Å². The van der Waals surface area contributed by atoms with Gasteiger partial charge in [0.25, 0.3) is 5.91 Å². The van der Waals surface area contributed by atoms with E-state index in [0.29, 0.717) is 11.4 Å². The molecule has 3 atom stereocenters. The first-order valence-electron chi connectivity index (χ1n) is 13.2. The number of hydrogen-bond donors (Lipinski definition) is 4. The Kier molecular flexibility index (Phi) is 11.5. The van der Waals surface area contributed by atoms with Crippen LogP contribution >= 0.6 is 11.6 Å². The quantitative estimate of drug-likeness (QED) is 0.231. The van der Waals surface area contributed by atoms with Gasteiger partial charge < -0.3 is 26.2 Å². The summed E-state index contributed by atoms with van der Waals surface area (Å²) in [6.45, 7) is 3.90. The van der Waals surface area contributed by atoms with E-state index in [1.165, 1.54) is 6.07 Å². The number of ether oxygens (including phenoxy) is 1. The number of carbonyl (C=O) groups excluding carboxylic acids is 2. The molecule has 0 saturated heterocycles. The number of carboxylic acid groups (broad SMARTS) is 1. The van der Waals surface area contributed by atoms with Gasteiger partial charge in [-0.15, -0.1) is 0 Å². The minimum absolute atomic E-state index is 0.0444. The molecule has 9 heteroatoms. The minimum atomic E-state index is -1.13.